The molecule has 0 aromatic heterocycles. The summed E-state index contributed by atoms with van der Waals surface area (Å²) in [4.78, 5) is 0. The number of hydrogen-bond donors (Lipinski definition) is 0. The van der Waals surface area contributed by atoms with Gasteiger partial charge in [0.15, 0.2) is 23.0 Å². The fourth-order valence-electron chi connectivity index (χ4n) is 5.03. The maximum atomic E-state index is 5.30. The zero-order valence-electron chi connectivity index (χ0n) is 36.3. The van der Waals surface area contributed by atoms with E-state index in [1.54, 1.807) is 22.3 Å². The molecule has 0 atom stereocenters. The zero-order chi connectivity index (χ0) is 40.1. The Hall–Kier alpha value is -3.92. The Morgan fingerprint density at radius 2 is 0.537 bits per heavy atom. The smallest absolute Gasteiger partial charge is 0.231 e. The maximum absolute atomic E-state index is 5.30. The van der Waals surface area contributed by atoms with Crippen molar-refractivity contribution >= 4 is 0 Å². The van der Waals surface area contributed by atoms with Crippen molar-refractivity contribution in [3.8, 4) is 23.0 Å². The number of benzene rings is 4. The molecule has 0 saturated carbocycles. The van der Waals surface area contributed by atoms with E-state index in [9.17, 15) is 0 Å². The van der Waals surface area contributed by atoms with Crippen molar-refractivity contribution in [2.45, 2.75) is 128 Å². The highest BCUT2D eigenvalue weighted by molar-refractivity contribution is 5.41. The molecule has 0 fully saturated rings. The summed E-state index contributed by atoms with van der Waals surface area (Å²) in [6.45, 7) is 27.7. The van der Waals surface area contributed by atoms with Crippen LogP contribution in [0.1, 0.15) is 125 Å². The van der Waals surface area contributed by atoms with Crippen LogP contribution in [0.25, 0.3) is 0 Å². The summed E-state index contributed by atoms with van der Waals surface area (Å²) < 4.78 is 20.7. The van der Waals surface area contributed by atoms with Crippen LogP contribution in [0.4, 0.5) is 0 Å². The predicted octanol–water partition coefficient (Wildman–Crippen LogP) is 14.3. The highest BCUT2D eigenvalue weighted by Gasteiger charge is 2.10. The molecule has 8 rings (SSSR count). The molecule has 2 aliphatic heterocycles. The third kappa shape index (κ3) is 24.4. The van der Waals surface area contributed by atoms with Gasteiger partial charge in [-0.15, -0.1) is 0 Å². The summed E-state index contributed by atoms with van der Waals surface area (Å²) in [6, 6.07) is 32.9. The van der Waals surface area contributed by atoms with Gasteiger partial charge in [-0.25, -0.2) is 0 Å². The largest absolute Gasteiger partial charge is 0.486 e. The van der Waals surface area contributed by atoms with Crippen molar-refractivity contribution < 1.29 is 18.9 Å². The van der Waals surface area contributed by atoms with Crippen molar-refractivity contribution in [2.75, 3.05) is 20.0 Å². The minimum absolute atomic E-state index is 0.360. The number of ether oxygens (including phenoxy) is 4. The summed E-state index contributed by atoms with van der Waals surface area (Å²) in [5.74, 6) is 6.73. The van der Waals surface area contributed by atoms with Crippen LogP contribution in [0, 0.1) is 23.7 Å². The van der Waals surface area contributed by atoms with Crippen LogP contribution in [0.2, 0.25) is 0 Å². The Labute approximate surface area is 332 Å². The van der Waals surface area contributed by atoms with Gasteiger partial charge in [0.25, 0.3) is 0 Å². The minimum atomic E-state index is 0.360. The first-order chi connectivity index (χ1) is 25.8. The Morgan fingerprint density at radius 3 is 0.815 bits per heavy atom. The second-order valence-corrected chi connectivity index (χ2v) is 16.5. The molecular weight excluding hydrogens is 665 g/mol. The molecule has 0 radical (unpaired) electrons. The van der Waals surface area contributed by atoms with E-state index in [4.69, 9.17) is 18.9 Å². The second kappa shape index (κ2) is 29.4. The lowest BCUT2D eigenvalue weighted by atomic mass is 9.92. The van der Waals surface area contributed by atoms with Gasteiger partial charge in [0, 0.05) is 0 Å². The van der Waals surface area contributed by atoms with E-state index in [1.165, 1.54) is 44.9 Å². The van der Waals surface area contributed by atoms with E-state index in [0.717, 1.165) is 46.7 Å². The lowest BCUT2D eigenvalue weighted by Gasteiger charge is -2.17. The molecule has 0 amide bonds. The van der Waals surface area contributed by atoms with Gasteiger partial charge < -0.3 is 18.9 Å². The molecule has 0 unspecified atom stereocenters. The van der Waals surface area contributed by atoms with Gasteiger partial charge in [0.1, 0.15) is 13.2 Å². The van der Waals surface area contributed by atoms with Crippen LogP contribution in [0.3, 0.4) is 0 Å². The molecule has 300 valence electrons. The Bertz CT molecular complexity index is 1260. The monoisotopic (exact) mass is 741 g/mol. The summed E-state index contributed by atoms with van der Waals surface area (Å²) >= 11 is 0. The van der Waals surface area contributed by atoms with Gasteiger partial charge in [-0.2, -0.15) is 0 Å². The first-order valence-corrected chi connectivity index (χ1v) is 20.6. The van der Waals surface area contributed by atoms with Crippen molar-refractivity contribution in [2.24, 2.45) is 23.7 Å². The topological polar surface area (TPSA) is 36.9 Å². The molecular formula is C50H76O4. The van der Waals surface area contributed by atoms with Gasteiger partial charge in [-0.05, 0) is 115 Å². The summed E-state index contributed by atoms with van der Waals surface area (Å²) in [5, 5.41) is 0. The highest BCUT2D eigenvalue weighted by Crippen LogP contribution is 2.30. The average Bonchev–Trinajstić information content (AvgIpc) is 3.82. The normalized spacial score (nSPS) is 13.3. The zero-order valence-corrected chi connectivity index (χ0v) is 36.3. The van der Waals surface area contributed by atoms with E-state index in [-0.39, 0.29) is 0 Å². The molecule has 0 N–H and O–H groups in total. The number of para-hydroxylation sites is 4. The standard InChI is InChI=1S/C10H12.C9H10.C8H8O2.C7H6O2.4C4H10/c1-2-6-10-8-4-3-7-9(10)5-1;1-2-5-9-7-3-6-8(9)4-1;1-2-4-8-7(3-1)9-5-6-10-8;1-2-4-7-6(3-1)8-5-9-7;4*1-4(2)3/h1-2,5-6H,3-4,7-8H2;1-2,4-5H,3,6-7H2;1-4H,5-6H2;1-4H,5H2;4*4H,1-3H3. The second-order valence-electron chi connectivity index (χ2n) is 16.5. The minimum Gasteiger partial charge on any atom is -0.486 e. The number of aryl methyl sites for hydroxylation is 4. The van der Waals surface area contributed by atoms with Crippen LogP contribution in [-0.2, 0) is 25.7 Å². The summed E-state index contributed by atoms with van der Waals surface area (Å²) in [6.07, 6.45) is 9.34. The Morgan fingerprint density at radius 1 is 0.315 bits per heavy atom. The van der Waals surface area contributed by atoms with E-state index >= 15 is 0 Å². The molecule has 0 saturated heterocycles. The number of hydrogen-bond acceptors (Lipinski definition) is 4. The van der Waals surface area contributed by atoms with Gasteiger partial charge in [-0.1, -0.05) is 156 Å². The number of fused-ring (bicyclic) bond motifs is 4. The van der Waals surface area contributed by atoms with Crippen molar-refractivity contribution in [1.29, 1.82) is 0 Å². The number of rotatable bonds is 0. The van der Waals surface area contributed by atoms with Crippen LogP contribution < -0.4 is 18.9 Å². The lowest BCUT2D eigenvalue weighted by Crippen LogP contribution is -2.14. The van der Waals surface area contributed by atoms with Crippen LogP contribution in [0.5, 0.6) is 23.0 Å². The van der Waals surface area contributed by atoms with Crippen molar-refractivity contribution in [3.05, 3.63) is 119 Å². The molecule has 0 bridgehead atoms. The van der Waals surface area contributed by atoms with Gasteiger partial charge in [0.05, 0.1) is 0 Å². The molecule has 54 heavy (non-hydrogen) atoms. The third-order valence-electron chi connectivity index (χ3n) is 7.00. The van der Waals surface area contributed by atoms with E-state index < -0.39 is 0 Å². The fourth-order valence-corrected chi connectivity index (χ4v) is 5.03. The molecule has 2 heterocycles. The molecule has 4 nitrogen and oxygen atoms in total. The van der Waals surface area contributed by atoms with Gasteiger partial charge >= 0.3 is 0 Å². The predicted molar refractivity (Wildman–Crippen MR) is 234 cm³/mol. The SMILES string of the molecule is CC(C)C.CC(C)C.CC(C)C.CC(C)C.c1ccc2c(c1)CCC2.c1ccc2c(c1)CCCC2.c1ccc2c(c1)OCCO2.c1ccc2c(c1)OCO2. The third-order valence-corrected chi connectivity index (χ3v) is 7.00. The summed E-state index contributed by atoms with van der Waals surface area (Å²) in [7, 11) is 0. The molecule has 0 spiro atoms. The van der Waals surface area contributed by atoms with Crippen molar-refractivity contribution in [3.63, 3.8) is 0 Å². The fraction of sp³-hybridized carbons (Fsp3) is 0.520. The van der Waals surface area contributed by atoms with Crippen LogP contribution >= 0.6 is 0 Å². The van der Waals surface area contributed by atoms with Crippen molar-refractivity contribution in [1.82, 2.24) is 0 Å². The van der Waals surface area contributed by atoms with Gasteiger partial charge in [0.2, 0.25) is 6.79 Å². The first kappa shape index (κ1) is 48.1. The molecule has 2 aliphatic carbocycles. The molecule has 4 aliphatic rings. The van der Waals surface area contributed by atoms with E-state index in [1.807, 2.05) is 48.5 Å². The maximum Gasteiger partial charge on any atom is 0.231 e. The van der Waals surface area contributed by atoms with Crippen LogP contribution in [-0.4, -0.2) is 20.0 Å². The Balaban J connectivity index is 0.000000320. The first-order valence-electron chi connectivity index (χ1n) is 20.6. The molecule has 4 aromatic rings. The van der Waals surface area contributed by atoms with E-state index in [0.29, 0.717) is 20.0 Å². The quantitative estimate of drug-likeness (QED) is 0.180. The summed E-state index contributed by atoms with van der Waals surface area (Å²) in [5.41, 5.74) is 6.29. The molecule has 4 heteroatoms. The average molecular weight is 741 g/mol. The Kier molecular flexibility index (Phi) is 26.2. The lowest BCUT2D eigenvalue weighted by molar-refractivity contribution is 0.171. The molecule has 4 aromatic carbocycles. The highest BCUT2D eigenvalue weighted by atomic mass is 16.7. The van der Waals surface area contributed by atoms with Crippen LogP contribution in [0.15, 0.2) is 97.1 Å². The van der Waals surface area contributed by atoms with Gasteiger partial charge in [-0.3, -0.25) is 0 Å². The van der Waals surface area contributed by atoms with E-state index in [2.05, 4.69) is 132 Å².